The minimum atomic E-state index is -0.171. The van der Waals surface area contributed by atoms with Crippen LogP contribution >= 0.6 is 0 Å². The predicted molar refractivity (Wildman–Crippen MR) is 113 cm³/mol. The highest BCUT2D eigenvalue weighted by Gasteiger charge is 2.26. The summed E-state index contributed by atoms with van der Waals surface area (Å²) >= 11 is 0. The first-order valence-electron chi connectivity index (χ1n) is 11.2. The molecule has 0 bridgehead atoms. The number of unbranched alkanes of at least 4 members (excludes halogenated alkanes) is 13. The highest BCUT2D eigenvalue weighted by Crippen LogP contribution is 2.24. The van der Waals surface area contributed by atoms with Crippen LogP contribution in [0.1, 0.15) is 110 Å². The van der Waals surface area contributed by atoms with Gasteiger partial charge in [-0.2, -0.15) is 0 Å². The van der Waals surface area contributed by atoms with E-state index in [0.29, 0.717) is 17.6 Å². The Balaban J connectivity index is 2.03. The Morgan fingerprint density at radius 2 is 1.19 bits per heavy atom. The predicted octanol–water partition coefficient (Wildman–Crippen LogP) is 6.86. The van der Waals surface area contributed by atoms with Crippen LogP contribution in [0.2, 0.25) is 0 Å². The Morgan fingerprint density at radius 3 is 1.63 bits per heavy atom. The maximum absolute atomic E-state index is 12.2. The molecule has 0 amide bonds. The normalized spacial score (nSPS) is 14.7. The van der Waals surface area contributed by atoms with Gasteiger partial charge >= 0.3 is 0 Å². The number of carbonyl (C=O) groups is 2. The number of methoxy groups -OCH3 is 1. The molecule has 27 heavy (non-hydrogen) atoms. The summed E-state index contributed by atoms with van der Waals surface area (Å²) in [5.74, 6) is 0.0522. The van der Waals surface area contributed by atoms with Crippen LogP contribution in [-0.4, -0.2) is 18.7 Å². The van der Waals surface area contributed by atoms with Gasteiger partial charge in [-0.25, -0.2) is 0 Å². The molecule has 154 valence electrons. The number of hydrogen-bond acceptors (Lipinski definition) is 3. The van der Waals surface area contributed by atoms with Gasteiger partial charge in [0.05, 0.1) is 7.11 Å². The Kier molecular flexibility index (Phi) is 12.8. The van der Waals surface area contributed by atoms with E-state index in [1.165, 1.54) is 90.2 Å². The van der Waals surface area contributed by atoms with Gasteiger partial charge in [0.15, 0.2) is 11.5 Å². The van der Waals surface area contributed by atoms with Crippen LogP contribution < -0.4 is 0 Å². The van der Waals surface area contributed by atoms with Crippen molar-refractivity contribution in [1.82, 2.24) is 0 Å². The summed E-state index contributed by atoms with van der Waals surface area (Å²) < 4.78 is 5.17. The van der Waals surface area contributed by atoms with Gasteiger partial charge in [-0.1, -0.05) is 90.4 Å². The van der Waals surface area contributed by atoms with Crippen molar-refractivity contribution in [1.29, 1.82) is 0 Å². The molecule has 0 aromatic carbocycles. The zero-order valence-electron chi connectivity index (χ0n) is 17.9. The van der Waals surface area contributed by atoms with Crippen molar-refractivity contribution in [3.8, 4) is 0 Å². The fraction of sp³-hybridized carbons (Fsp3) is 0.750. The molecule has 0 aromatic rings. The van der Waals surface area contributed by atoms with Gasteiger partial charge < -0.3 is 4.74 Å². The molecule has 0 saturated carbocycles. The maximum atomic E-state index is 12.2. The third-order valence-electron chi connectivity index (χ3n) is 5.46. The van der Waals surface area contributed by atoms with E-state index in [4.69, 9.17) is 4.74 Å². The first kappa shape index (κ1) is 23.7. The SMILES string of the molecule is CCCCCCCCCCCCCCCCC1=C(OC)C(=O)C=C(C)C1=O. The quantitative estimate of drug-likeness (QED) is 0.218. The van der Waals surface area contributed by atoms with Gasteiger partial charge in [-0.15, -0.1) is 0 Å². The Morgan fingerprint density at radius 1 is 0.741 bits per heavy atom. The van der Waals surface area contributed by atoms with Gasteiger partial charge in [0.1, 0.15) is 0 Å². The third kappa shape index (κ3) is 9.39. The van der Waals surface area contributed by atoms with E-state index < -0.39 is 0 Å². The van der Waals surface area contributed by atoms with Crippen LogP contribution in [0.25, 0.3) is 0 Å². The zero-order chi connectivity index (χ0) is 19.9. The molecule has 0 N–H and O–H groups in total. The first-order valence-corrected chi connectivity index (χ1v) is 11.2. The molecule has 0 unspecified atom stereocenters. The molecule has 0 fully saturated rings. The van der Waals surface area contributed by atoms with Crippen molar-refractivity contribution in [2.45, 2.75) is 110 Å². The second-order valence-electron chi connectivity index (χ2n) is 7.88. The van der Waals surface area contributed by atoms with Crippen LogP contribution in [0.5, 0.6) is 0 Å². The van der Waals surface area contributed by atoms with Crippen LogP contribution in [0.3, 0.4) is 0 Å². The summed E-state index contributed by atoms with van der Waals surface area (Å²) in [4.78, 5) is 24.2. The molecule has 0 aliphatic heterocycles. The highest BCUT2D eigenvalue weighted by molar-refractivity contribution is 6.21. The lowest BCUT2D eigenvalue weighted by atomic mass is 9.91. The summed E-state index contributed by atoms with van der Waals surface area (Å²) in [6.07, 6.45) is 20.4. The summed E-state index contributed by atoms with van der Waals surface area (Å²) in [5.41, 5.74) is 1.10. The number of carbonyl (C=O) groups excluding carboxylic acids is 2. The highest BCUT2D eigenvalue weighted by atomic mass is 16.5. The summed E-state index contributed by atoms with van der Waals surface area (Å²) in [5, 5.41) is 0. The fourth-order valence-electron chi connectivity index (χ4n) is 3.76. The molecular formula is C24H40O3. The first-order chi connectivity index (χ1) is 13.1. The standard InChI is InChI=1S/C24H40O3/c1-4-5-6-7-8-9-10-11-12-13-14-15-16-17-18-21-23(26)20(2)19-22(25)24(21)27-3/h19H,4-18H2,1-3H3. The third-order valence-corrected chi connectivity index (χ3v) is 5.46. The lowest BCUT2D eigenvalue weighted by molar-refractivity contribution is -0.118. The molecule has 0 heterocycles. The van der Waals surface area contributed by atoms with E-state index in [1.807, 2.05) is 0 Å². The average molecular weight is 377 g/mol. The van der Waals surface area contributed by atoms with E-state index in [1.54, 1.807) is 6.92 Å². The molecule has 1 aliphatic carbocycles. The van der Waals surface area contributed by atoms with Crippen molar-refractivity contribution in [2.75, 3.05) is 7.11 Å². The largest absolute Gasteiger partial charge is 0.492 e. The van der Waals surface area contributed by atoms with E-state index in [0.717, 1.165) is 12.8 Å². The Bertz CT molecular complexity index is 514. The van der Waals surface area contributed by atoms with Gasteiger partial charge in [-0.05, 0) is 25.8 Å². The van der Waals surface area contributed by atoms with Crippen LogP contribution in [-0.2, 0) is 14.3 Å². The molecular weight excluding hydrogens is 336 g/mol. The Labute approximate surface area is 166 Å². The summed E-state index contributed by atoms with van der Waals surface area (Å²) in [7, 11) is 1.47. The average Bonchev–Trinajstić information content (AvgIpc) is 2.65. The molecule has 0 saturated heterocycles. The van der Waals surface area contributed by atoms with E-state index in [-0.39, 0.29) is 17.3 Å². The van der Waals surface area contributed by atoms with E-state index in [9.17, 15) is 9.59 Å². The van der Waals surface area contributed by atoms with E-state index >= 15 is 0 Å². The Hall–Kier alpha value is -1.38. The fourth-order valence-corrected chi connectivity index (χ4v) is 3.76. The molecule has 0 radical (unpaired) electrons. The zero-order valence-corrected chi connectivity index (χ0v) is 17.9. The van der Waals surface area contributed by atoms with E-state index in [2.05, 4.69) is 6.92 Å². The monoisotopic (exact) mass is 376 g/mol. The number of Topliss-reactive ketones (excluding diaryl/α,β-unsaturated/α-hetero) is 1. The number of rotatable bonds is 16. The topological polar surface area (TPSA) is 43.4 Å². The molecule has 3 heteroatoms. The number of ketones is 2. The number of allylic oxidation sites excluding steroid dienone is 3. The number of hydrogen-bond donors (Lipinski definition) is 0. The van der Waals surface area contributed by atoms with Gasteiger partial charge in [0.25, 0.3) is 0 Å². The van der Waals surface area contributed by atoms with Crippen LogP contribution in [0, 0.1) is 0 Å². The van der Waals surface area contributed by atoms with Crippen molar-refractivity contribution in [2.24, 2.45) is 0 Å². The summed E-state index contributed by atoms with van der Waals surface area (Å²) in [6.45, 7) is 3.97. The lowest BCUT2D eigenvalue weighted by Crippen LogP contribution is -2.19. The minimum Gasteiger partial charge on any atom is -0.492 e. The van der Waals surface area contributed by atoms with Crippen molar-refractivity contribution in [3.05, 3.63) is 23.0 Å². The molecule has 1 aliphatic rings. The van der Waals surface area contributed by atoms with Gasteiger partial charge in [0.2, 0.25) is 5.78 Å². The molecule has 0 aromatic heterocycles. The van der Waals surface area contributed by atoms with Crippen LogP contribution in [0.4, 0.5) is 0 Å². The molecule has 0 spiro atoms. The summed E-state index contributed by atoms with van der Waals surface area (Å²) in [6, 6.07) is 0. The second-order valence-corrected chi connectivity index (χ2v) is 7.88. The molecule has 3 nitrogen and oxygen atoms in total. The molecule has 0 atom stereocenters. The smallest absolute Gasteiger partial charge is 0.221 e. The molecule has 1 rings (SSSR count). The minimum absolute atomic E-state index is 0.0267. The van der Waals surface area contributed by atoms with Gasteiger partial charge in [-0.3, -0.25) is 9.59 Å². The second kappa shape index (κ2) is 14.6. The van der Waals surface area contributed by atoms with Gasteiger partial charge in [0, 0.05) is 11.1 Å². The van der Waals surface area contributed by atoms with Crippen LogP contribution in [0.15, 0.2) is 23.0 Å². The maximum Gasteiger partial charge on any atom is 0.221 e. The van der Waals surface area contributed by atoms with Crippen molar-refractivity contribution < 1.29 is 14.3 Å². The van der Waals surface area contributed by atoms with Crippen molar-refractivity contribution in [3.63, 3.8) is 0 Å². The lowest BCUT2D eigenvalue weighted by Gasteiger charge is -2.16. The number of ether oxygens (including phenoxy) is 1. The van der Waals surface area contributed by atoms with Crippen molar-refractivity contribution >= 4 is 11.6 Å².